The molecule has 2 atom stereocenters. The van der Waals surface area contributed by atoms with Crippen LogP contribution in [0.1, 0.15) is 0 Å². The van der Waals surface area contributed by atoms with E-state index in [4.69, 9.17) is 11.6 Å². The topological polar surface area (TPSA) is 86.9 Å². The standard InChI is InChI=1S/C15H13ClN4O2S2/c16-12-3-1-10(2-4-12)13-18-19-14(23-13)20-5-11-6-24(21,22)9-15(11,7-17)8-20/h1-4,11H,5-6,8-9H2/t11-,15-/m1/s1. The molecule has 1 aromatic carbocycles. The monoisotopic (exact) mass is 380 g/mol. The molecule has 0 aliphatic carbocycles. The summed E-state index contributed by atoms with van der Waals surface area (Å²) in [6.07, 6.45) is 0. The number of halogens is 1. The van der Waals surface area contributed by atoms with Crippen molar-refractivity contribution in [1.82, 2.24) is 10.2 Å². The predicted molar refractivity (Wildman–Crippen MR) is 92.8 cm³/mol. The molecular formula is C15H13ClN4O2S2. The molecule has 124 valence electrons. The fraction of sp³-hybridized carbons (Fsp3) is 0.400. The maximum atomic E-state index is 11.9. The van der Waals surface area contributed by atoms with Gasteiger partial charge in [-0.3, -0.25) is 0 Å². The lowest BCUT2D eigenvalue weighted by atomic mass is 9.83. The van der Waals surface area contributed by atoms with E-state index in [0.29, 0.717) is 18.1 Å². The fourth-order valence-electron chi connectivity index (χ4n) is 3.47. The van der Waals surface area contributed by atoms with Crippen molar-refractivity contribution in [1.29, 1.82) is 5.26 Å². The lowest BCUT2D eigenvalue weighted by Gasteiger charge is -2.18. The number of sulfone groups is 1. The summed E-state index contributed by atoms with van der Waals surface area (Å²) in [7, 11) is -3.12. The molecule has 4 rings (SSSR count). The third-order valence-corrected chi connectivity index (χ3v) is 7.78. The Kier molecular flexibility index (Phi) is 3.56. The van der Waals surface area contributed by atoms with E-state index >= 15 is 0 Å². The first-order valence-corrected chi connectivity index (χ1v) is 10.4. The lowest BCUT2D eigenvalue weighted by molar-refractivity contribution is 0.411. The SMILES string of the molecule is N#C[C@]12CN(c3nnc(-c4ccc(Cl)cc4)s3)C[C@@H]1CS(=O)(=O)C2. The number of rotatable bonds is 2. The van der Waals surface area contributed by atoms with Crippen LogP contribution in [0.5, 0.6) is 0 Å². The van der Waals surface area contributed by atoms with Gasteiger partial charge in [-0.2, -0.15) is 5.26 Å². The van der Waals surface area contributed by atoms with Crippen LogP contribution in [0.15, 0.2) is 24.3 Å². The first-order valence-electron chi connectivity index (χ1n) is 7.37. The number of benzene rings is 1. The van der Waals surface area contributed by atoms with Gasteiger partial charge in [0.25, 0.3) is 0 Å². The Morgan fingerprint density at radius 3 is 2.75 bits per heavy atom. The average Bonchev–Trinajstić information content (AvgIpc) is 3.18. The third-order valence-electron chi connectivity index (χ3n) is 4.63. The minimum Gasteiger partial charge on any atom is -0.345 e. The van der Waals surface area contributed by atoms with Gasteiger partial charge in [0.1, 0.15) is 5.01 Å². The minimum absolute atomic E-state index is 0.0550. The summed E-state index contributed by atoms with van der Waals surface area (Å²) < 4.78 is 23.7. The van der Waals surface area contributed by atoms with Crippen molar-refractivity contribution in [3.63, 3.8) is 0 Å². The van der Waals surface area contributed by atoms with Crippen LogP contribution in [-0.4, -0.2) is 43.2 Å². The molecule has 0 radical (unpaired) electrons. The van der Waals surface area contributed by atoms with E-state index in [-0.39, 0.29) is 17.4 Å². The van der Waals surface area contributed by atoms with Crippen molar-refractivity contribution in [2.45, 2.75) is 0 Å². The summed E-state index contributed by atoms with van der Waals surface area (Å²) >= 11 is 7.33. The van der Waals surface area contributed by atoms with Gasteiger partial charge >= 0.3 is 0 Å². The first kappa shape index (κ1) is 15.8. The zero-order chi connectivity index (χ0) is 16.9. The van der Waals surface area contributed by atoms with Crippen LogP contribution in [0.2, 0.25) is 5.02 Å². The predicted octanol–water partition coefficient (Wildman–Crippen LogP) is 2.23. The Morgan fingerprint density at radius 2 is 2.08 bits per heavy atom. The Balaban J connectivity index is 1.59. The molecule has 2 aliphatic heterocycles. The number of aromatic nitrogens is 2. The van der Waals surface area contributed by atoms with Gasteiger partial charge in [0.2, 0.25) is 5.13 Å². The maximum absolute atomic E-state index is 11.9. The summed E-state index contributed by atoms with van der Waals surface area (Å²) in [6, 6.07) is 9.63. The molecule has 9 heteroatoms. The Labute approximate surface area is 148 Å². The van der Waals surface area contributed by atoms with Crippen LogP contribution >= 0.6 is 22.9 Å². The molecule has 1 aromatic heterocycles. The smallest absolute Gasteiger partial charge is 0.208 e. The zero-order valence-corrected chi connectivity index (χ0v) is 14.9. The minimum atomic E-state index is -3.12. The molecule has 0 saturated carbocycles. The van der Waals surface area contributed by atoms with Gasteiger partial charge in [-0.25, -0.2) is 8.42 Å². The summed E-state index contributed by atoms with van der Waals surface area (Å²) in [4.78, 5) is 1.99. The van der Waals surface area contributed by atoms with Crippen LogP contribution in [0.25, 0.3) is 10.6 Å². The summed E-state index contributed by atoms with van der Waals surface area (Å²) in [5.74, 6) is -0.129. The number of fused-ring (bicyclic) bond motifs is 1. The van der Waals surface area contributed by atoms with E-state index in [0.717, 1.165) is 15.7 Å². The van der Waals surface area contributed by atoms with Gasteiger partial charge in [0, 0.05) is 29.6 Å². The second-order valence-electron chi connectivity index (χ2n) is 6.30. The summed E-state index contributed by atoms with van der Waals surface area (Å²) in [5, 5.41) is 20.1. The van der Waals surface area contributed by atoms with Crippen LogP contribution in [-0.2, 0) is 9.84 Å². The van der Waals surface area contributed by atoms with Crippen LogP contribution < -0.4 is 4.90 Å². The molecule has 0 amide bonds. The Bertz CT molecular complexity index is 935. The number of hydrogen-bond donors (Lipinski definition) is 0. The van der Waals surface area contributed by atoms with Crippen LogP contribution in [0.3, 0.4) is 0 Å². The zero-order valence-electron chi connectivity index (χ0n) is 12.5. The second-order valence-corrected chi connectivity index (χ2v) is 9.80. The number of nitriles is 1. The van der Waals surface area contributed by atoms with Gasteiger partial charge in [-0.15, -0.1) is 10.2 Å². The lowest BCUT2D eigenvalue weighted by Crippen LogP contribution is -2.30. The highest BCUT2D eigenvalue weighted by Crippen LogP contribution is 2.45. The van der Waals surface area contributed by atoms with Crippen molar-refractivity contribution < 1.29 is 8.42 Å². The molecule has 3 heterocycles. The van der Waals surface area contributed by atoms with E-state index in [9.17, 15) is 13.7 Å². The molecular weight excluding hydrogens is 368 g/mol. The molecule has 0 N–H and O–H groups in total. The number of hydrogen-bond acceptors (Lipinski definition) is 7. The normalized spacial score (nSPS) is 27.8. The Hall–Kier alpha value is -1.69. The third kappa shape index (κ3) is 2.57. The fourth-order valence-corrected chi connectivity index (χ4v) is 6.78. The van der Waals surface area contributed by atoms with Crippen LogP contribution in [0, 0.1) is 22.7 Å². The summed E-state index contributed by atoms with van der Waals surface area (Å²) in [5.41, 5.74) is 0.116. The van der Waals surface area contributed by atoms with Gasteiger partial charge in [0.05, 0.1) is 23.0 Å². The molecule has 24 heavy (non-hydrogen) atoms. The summed E-state index contributed by atoms with van der Waals surface area (Å²) in [6.45, 7) is 0.921. The van der Waals surface area contributed by atoms with Crippen molar-refractivity contribution >= 4 is 37.9 Å². The van der Waals surface area contributed by atoms with E-state index < -0.39 is 15.3 Å². The first-order chi connectivity index (χ1) is 11.4. The highest BCUT2D eigenvalue weighted by Gasteiger charge is 2.56. The van der Waals surface area contributed by atoms with Crippen molar-refractivity contribution in [3.05, 3.63) is 29.3 Å². The molecule has 2 aromatic rings. The largest absolute Gasteiger partial charge is 0.345 e. The van der Waals surface area contributed by atoms with Crippen molar-refractivity contribution in [3.8, 4) is 16.6 Å². The molecule has 0 bridgehead atoms. The van der Waals surface area contributed by atoms with E-state index in [1.54, 1.807) is 12.1 Å². The molecule has 2 fully saturated rings. The Morgan fingerprint density at radius 1 is 1.33 bits per heavy atom. The second kappa shape index (κ2) is 5.41. The highest BCUT2D eigenvalue weighted by molar-refractivity contribution is 7.91. The van der Waals surface area contributed by atoms with E-state index in [1.807, 2.05) is 17.0 Å². The van der Waals surface area contributed by atoms with Gasteiger partial charge < -0.3 is 4.90 Å². The molecule has 2 aliphatic rings. The van der Waals surface area contributed by atoms with Crippen molar-refractivity contribution in [2.75, 3.05) is 29.5 Å². The number of nitrogens with zero attached hydrogens (tertiary/aromatic N) is 4. The van der Waals surface area contributed by atoms with Crippen LogP contribution in [0.4, 0.5) is 5.13 Å². The van der Waals surface area contributed by atoms with E-state index in [2.05, 4.69) is 16.3 Å². The quantitative estimate of drug-likeness (QED) is 0.794. The molecule has 2 saturated heterocycles. The molecule has 6 nitrogen and oxygen atoms in total. The van der Waals surface area contributed by atoms with Gasteiger partial charge in [-0.05, 0) is 12.1 Å². The van der Waals surface area contributed by atoms with E-state index in [1.165, 1.54) is 11.3 Å². The highest BCUT2D eigenvalue weighted by atomic mass is 35.5. The molecule has 0 spiro atoms. The maximum Gasteiger partial charge on any atom is 0.208 e. The van der Waals surface area contributed by atoms with Crippen molar-refractivity contribution in [2.24, 2.45) is 11.3 Å². The number of anilines is 1. The van der Waals surface area contributed by atoms with Gasteiger partial charge in [0.15, 0.2) is 9.84 Å². The average molecular weight is 381 g/mol. The molecule has 0 unspecified atom stereocenters. The van der Waals surface area contributed by atoms with Gasteiger partial charge in [-0.1, -0.05) is 35.1 Å².